The highest BCUT2D eigenvalue weighted by Gasteiger charge is 2.13. The minimum absolute atomic E-state index is 0.140. The number of ether oxygens (including phenoxy) is 3. The van der Waals surface area contributed by atoms with Gasteiger partial charge in [0.2, 0.25) is 0 Å². The van der Waals surface area contributed by atoms with E-state index in [4.69, 9.17) is 14.2 Å². The van der Waals surface area contributed by atoms with Crippen LogP contribution >= 0.6 is 0 Å². The Balaban J connectivity index is 3.59. The van der Waals surface area contributed by atoms with E-state index in [1.165, 1.54) is 0 Å². The van der Waals surface area contributed by atoms with Crippen molar-refractivity contribution in [1.82, 2.24) is 0 Å². The highest BCUT2D eigenvalue weighted by atomic mass is 16.5. The van der Waals surface area contributed by atoms with Gasteiger partial charge in [-0.15, -0.1) is 0 Å². The zero-order valence-corrected chi connectivity index (χ0v) is 9.37. The van der Waals surface area contributed by atoms with Crippen LogP contribution in [0, 0.1) is 5.92 Å². The third-order valence-corrected chi connectivity index (χ3v) is 1.99. The molecule has 3 heteroatoms. The first kappa shape index (κ1) is 12.9. The number of hydrogen-bond donors (Lipinski definition) is 0. The minimum atomic E-state index is 0.140. The lowest BCUT2D eigenvalue weighted by Gasteiger charge is -2.21. The maximum atomic E-state index is 5.55. The average molecular weight is 190 g/mol. The molecule has 13 heavy (non-hydrogen) atoms. The molecule has 0 saturated carbocycles. The Morgan fingerprint density at radius 3 is 2.00 bits per heavy atom. The SMILES string of the molecule is COCC(C)OCC(OC)C(C)C. The fourth-order valence-corrected chi connectivity index (χ4v) is 1.07. The van der Waals surface area contributed by atoms with Crippen molar-refractivity contribution in [2.45, 2.75) is 33.0 Å². The fourth-order valence-electron chi connectivity index (χ4n) is 1.07. The highest BCUT2D eigenvalue weighted by Crippen LogP contribution is 2.07. The monoisotopic (exact) mass is 190 g/mol. The molecule has 80 valence electrons. The molecule has 0 radical (unpaired) electrons. The van der Waals surface area contributed by atoms with Gasteiger partial charge in [-0.1, -0.05) is 13.8 Å². The molecular formula is C10H22O3. The van der Waals surface area contributed by atoms with Crippen LogP contribution in [-0.2, 0) is 14.2 Å². The standard InChI is InChI=1S/C10H22O3/c1-8(2)10(12-5)7-13-9(3)6-11-4/h8-10H,6-7H2,1-5H3. The van der Waals surface area contributed by atoms with Gasteiger partial charge in [0.05, 0.1) is 25.4 Å². The van der Waals surface area contributed by atoms with Crippen LogP contribution in [0.1, 0.15) is 20.8 Å². The zero-order chi connectivity index (χ0) is 10.3. The summed E-state index contributed by atoms with van der Waals surface area (Å²) in [5.41, 5.74) is 0. The van der Waals surface area contributed by atoms with Gasteiger partial charge in [-0.25, -0.2) is 0 Å². The van der Waals surface area contributed by atoms with Crippen molar-refractivity contribution in [3.63, 3.8) is 0 Å². The van der Waals surface area contributed by atoms with Crippen molar-refractivity contribution in [3.8, 4) is 0 Å². The lowest BCUT2D eigenvalue weighted by molar-refractivity contribution is -0.0581. The lowest BCUT2D eigenvalue weighted by Crippen LogP contribution is -2.28. The Hall–Kier alpha value is -0.120. The van der Waals surface area contributed by atoms with Crippen molar-refractivity contribution < 1.29 is 14.2 Å². The second-order valence-corrected chi connectivity index (χ2v) is 3.62. The van der Waals surface area contributed by atoms with Gasteiger partial charge >= 0.3 is 0 Å². The molecule has 0 aliphatic heterocycles. The Morgan fingerprint density at radius 2 is 1.62 bits per heavy atom. The third kappa shape index (κ3) is 6.02. The summed E-state index contributed by atoms with van der Waals surface area (Å²) in [5.74, 6) is 0.486. The van der Waals surface area contributed by atoms with Crippen LogP contribution in [-0.4, -0.2) is 39.6 Å². The molecule has 0 aliphatic rings. The van der Waals surface area contributed by atoms with E-state index >= 15 is 0 Å². The maximum absolute atomic E-state index is 5.55. The van der Waals surface area contributed by atoms with Gasteiger partial charge in [0.1, 0.15) is 0 Å². The molecule has 0 rings (SSSR count). The Bertz CT molecular complexity index is 115. The predicted octanol–water partition coefficient (Wildman–Crippen LogP) is 1.71. The predicted molar refractivity (Wildman–Crippen MR) is 52.9 cm³/mol. The van der Waals surface area contributed by atoms with E-state index in [0.29, 0.717) is 19.1 Å². The maximum Gasteiger partial charge on any atom is 0.0827 e. The Labute approximate surface area is 81.4 Å². The van der Waals surface area contributed by atoms with E-state index in [9.17, 15) is 0 Å². The second kappa shape index (κ2) is 7.30. The van der Waals surface area contributed by atoms with Crippen LogP contribution in [0.15, 0.2) is 0 Å². The highest BCUT2D eigenvalue weighted by molar-refractivity contribution is 4.61. The summed E-state index contributed by atoms with van der Waals surface area (Å²) in [7, 11) is 3.39. The Morgan fingerprint density at radius 1 is 1.00 bits per heavy atom. The molecule has 0 N–H and O–H groups in total. The summed E-state index contributed by atoms with van der Waals surface area (Å²) in [4.78, 5) is 0. The van der Waals surface area contributed by atoms with E-state index in [1.807, 2.05) is 6.92 Å². The average Bonchev–Trinajstić information content (AvgIpc) is 2.05. The first-order chi connectivity index (χ1) is 6.11. The van der Waals surface area contributed by atoms with E-state index in [2.05, 4.69) is 13.8 Å². The van der Waals surface area contributed by atoms with Gasteiger partial charge < -0.3 is 14.2 Å². The van der Waals surface area contributed by atoms with Crippen molar-refractivity contribution in [2.75, 3.05) is 27.4 Å². The van der Waals surface area contributed by atoms with Gasteiger partial charge in [-0.2, -0.15) is 0 Å². The number of rotatable bonds is 7. The second-order valence-electron chi connectivity index (χ2n) is 3.62. The summed E-state index contributed by atoms with van der Waals surface area (Å²) in [6.07, 6.45) is 0.320. The van der Waals surface area contributed by atoms with Gasteiger partial charge in [0.15, 0.2) is 0 Å². The number of methoxy groups -OCH3 is 2. The molecule has 0 aliphatic carbocycles. The first-order valence-electron chi connectivity index (χ1n) is 4.75. The van der Waals surface area contributed by atoms with E-state index in [0.717, 1.165) is 0 Å². The van der Waals surface area contributed by atoms with Crippen molar-refractivity contribution >= 4 is 0 Å². The molecule has 0 fully saturated rings. The van der Waals surface area contributed by atoms with Crippen LogP contribution in [0.5, 0.6) is 0 Å². The molecule has 0 aromatic rings. The van der Waals surface area contributed by atoms with Crippen molar-refractivity contribution in [3.05, 3.63) is 0 Å². The number of hydrogen-bond acceptors (Lipinski definition) is 3. The molecule has 0 amide bonds. The molecule has 3 nitrogen and oxygen atoms in total. The molecule has 0 aromatic heterocycles. The van der Waals surface area contributed by atoms with Gasteiger partial charge in [0.25, 0.3) is 0 Å². The van der Waals surface area contributed by atoms with Crippen molar-refractivity contribution in [1.29, 1.82) is 0 Å². The normalized spacial score (nSPS) is 16.2. The lowest BCUT2D eigenvalue weighted by atomic mass is 10.1. The van der Waals surface area contributed by atoms with Crippen molar-refractivity contribution in [2.24, 2.45) is 5.92 Å². The first-order valence-corrected chi connectivity index (χ1v) is 4.75. The zero-order valence-electron chi connectivity index (χ0n) is 9.37. The Kier molecular flexibility index (Phi) is 7.23. The van der Waals surface area contributed by atoms with Crippen LogP contribution < -0.4 is 0 Å². The summed E-state index contributed by atoms with van der Waals surface area (Å²) in [6, 6.07) is 0. The smallest absolute Gasteiger partial charge is 0.0827 e. The summed E-state index contributed by atoms with van der Waals surface area (Å²) in [5, 5.41) is 0. The molecule has 0 spiro atoms. The van der Waals surface area contributed by atoms with Crippen LogP contribution in [0.2, 0.25) is 0 Å². The largest absolute Gasteiger partial charge is 0.382 e. The quantitative estimate of drug-likeness (QED) is 0.611. The third-order valence-electron chi connectivity index (χ3n) is 1.99. The van der Waals surface area contributed by atoms with Gasteiger partial charge in [-0.05, 0) is 12.8 Å². The van der Waals surface area contributed by atoms with Gasteiger partial charge in [-0.3, -0.25) is 0 Å². The van der Waals surface area contributed by atoms with Gasteiger partial charge in [0, 0.05) is 14.2 Å². The molecule has 0 bridgehead atoms. The summed E-state index contributed by atoms with van der Waals surface area (Å²) < 4.78 is 15.8. The molecule has 0 saturated heterocycles. The fraction of sp³-hybridized carbons (Fsp3) is 1.00. The molecule has 0 aromatic carbocycles. The van der Waals surface area contributed by atoms with E-state index in [1.54, 1.807) is 14.2 Å². The summed E-state index contributed by atoms with van der Waals surface area (Å²) >= 11 is 0. The molecular weight excluding hydrogens is 168 g/mol. The molecule has 2 unspecified atom stereocenters. The van der Waals surface area contributed by atoms with E-state index in [-0.39, 0.29) is 12.2 Å². The van der Waals surface area contributed by atoms with Crippen LogP contribution in [0.25, 0.3) is 0 Å². The van der Waals surface area contributed by atoms with Crippen LogP contribution in [0.4, 0.5) is 0 Å². The molecule has 0 heterocycles. The van der Waals surface area contributed by atoms with E-state index < -0.39 is 0 Å². The topological polar surface area (TPSA) is 27.7 Å². The molecule has 2 atom stereocenters. The van der Waals surface area contributed by atoms with Crippen LogP contribution in [0.3, 0.4) is 0 Å². The minimum Gasteiger partial charge on any atom is -0.382 e. The summed E-state index contributed by atoms with van der Waals surface area (Å²) in [6.45, 7) is 7.51.